The van der Waals surface area contributed by atoms with Gasteiger partial charge in [-0.15, -0.1) is 0 Å². The van der Waals surface area contributed by atoms with Gasteiger partial charge in [-0.05, 0) is 48.0 Å². The van der Waals surface area contributed by atoms with E-state index in [0.717, 1.165) is 32.6 Å². The molecule has 29 heavy (non-hydrogen) atoms. The first-order chi connectivity index (χ1) is 13.9. The summed E-state index contributed by atoms with van der Waals surface area (Å²) in [5, 5.41) is 7.61. The first kappa shape index (κ1) is 18.6. The second kappa shape index (κ2) is 6.85. The lowest BCUT2D eigenvalue weighted by atomic mass is 9.92. The summed E-state index contributed by atoms with van der Waals surface area (Å²) in [6, 6.07) is 20.2. The predicted octanol–water partition coefficient (Wildman–Crippen LogP) is 6.66. The Balaban J connectivity index is 1.65. The lowest BCUT2D eigenvalue weighted by molar-refractivity contribution is -0.112. The second-order valence-electron chi connectivity index (χ2n) is 7.39. The Bertz CT molecular complexity index is 1120. The molecule has 2 heterocycles. The zero-order chi connectivity index (χ0) is 20.2. The molecule has 0 spiro atoms. The Kier molecular flexibility index (Phi) is 4.41. The van der Waals surface area contributed by atoms with Crippen LogP contribution in [0, 0.1) is 5.82 Å². The van der Waals surface area contributed by atoms with Crippen molar-refractivity contribution in [1.29, 1.82) is 0 Å². The molecule has 6 heteroatoms. The van der Waals surface area contributed by atoms with E-state index < -0.39 is 5.72 Å². The third kappa shape index (κ3) is 3.13. The van der Waals surface area contributed by atoms with Crippen LogP contribution in [0.1, 0.15) is 36.1 Å². The molecule has 3 aromatic carbocycles. The highest BCUT2D eigenvalue weighted by molar-refractivity contribution is 9.10. The standard InChI is InChI=1S/C23H17BrClFN2O/c1-23(15-4-6-16(24)7-5-15)28-21(19-12-17(25)8-11-22(19)29-23)13-20(27-28)14-2-9-18(26)10-3-14/h2-12,21H,13H2,1H3. The molecule has 5 rings (SSSR count). The molecule has 0 fully saturated rings. The molecule has 2 unspecified atom stereocenters. The van der Waals surface area contributed by atoms with E-state index in [2.05, 4.69) is 15.9 Å². The summed E-state index contributed by atoms with van der Waals surface area (Å²) in [6.45, 7) is 2.03. The number of rotatable bonds is 2. The van der Waals surface area contributed by atoms with E-state index >= 15 is 0 Å². The van der Waals surface area contributed by atoms with E-state index in [4.69, 9.17) is 21.4 Å². The van der Waals surface area contributed by atoms with Crippen LogP contribution in [0.2, 0.25) is 5.02 Å². The van der Waals surface area contributed by atoms with Crippen molar-refractivity contribution in [2.75, 3.05) is 0 Å². The molecule has 0 amide bonds. The van der Waals surface area contributed by atoms with Gasteiger partial charge in [0, 0.05) is 34.0 Å². The van der Waals surface area contributed by atoms with Crippen molar-refractivity contribution in [1.82, 2.24) is 5.01 Å². The number of nitrogens with zero attached hydrogens (tertiary/aromatic N) is 2. The topological polar surface area (TPSA) is 24.8 Å². The number of fused-ring (bicyclic) bond motifs is 3. The van der Waals surface area contributed by atoms with Crippen molar-refractivity contribution >= 4 is 33.2 Å². The van der Waals surface area contributed by atoms with E-state index in [1.807, 2.05) is 54.4 Å². The molecule has 0 N–H and O–H groups in total. The SMILES string of the molecule is CC1(c2ccc(Br)cc2)Oc2ccc(Cl)cc2C2CC(c3ccc(F)cc3)=NN21. The summed E-state index contributed by atoms with van der Waals surface area (Å²) < 4.78 is 20.9. The van der Waals surface area contributed by atoms with Crippen LogP contribution in [0.25, 0.3) is 0 Å². The minimum Gasteiger partial charge on any atom is -0.462 e. The summed E-state index contributed by atoms with van der Waals surface area (Å²) in [5.74, 6) is 0.543. The molecule has 2 aliphatic rings. The lowest BCUT2D eigenvalue weighted by Gasteiger charge is -2.46. The molecule has 146 valence electrons. The quantitative estimate of drug-likeness (QED) is 0.417. The van der Waals surface area contributed by atoms with Gasteiger partial charge < -0.3 is 4.74 Å². The molecule has 0 aliphatic carbocycles. The van der Waals surface area contributed by atoms with E-state index in [0.29, 0.717) is 11.4 Å². The van der Waals surface area contributed by atoms with Crippen LogP contribution in [0.15, 0.2) is 76.3 Å². The molecule has 0 saturated carbocycles. The highest BCUT2D eigenvalue weighted by Gasteiger charge is 2.48. The number of hydrogen-bond acceptors (Lipinski definition) is 3. The maximum atomic E-state index is 13.4. The Morgan fingerprint density at radius 2 is 1.83 bits per heavy atom. The minimum atomic E-state index is -0.784. The fourth-order valence-electron chi connectivity index (χ4n) is 4.05. The van der Waals surface area contributed by atoms with Crippen LogP contribution in [0.3, 0.4) is 0 Å². The van der Waals surface area contributed by atoms with Gasteiger partial charge in [0.25, 0.3) is 0 Å². The van der Waals surface area contributed by atoms with Crippen LogP contribution in [-0.2, 0) is 5.72 Å². The first-order valence-electron chi connectivity index (χ1n) is 9.31. The van der Waals surface area contributed by atoms with Gasteiger partial charge in [-0.25, -0.2) is 9.40 Å². The molecule has 0 aromatic heterocycles. The average molecular weight is 472 g/mol. The Morgan fingerprint density at radius 3 is 2.55 bits per heavy atom. The number of hydrogen-bond donors (Lipinski definition) is 0. The second-order valence-corrected chi connectivity index (χ2v) is 8.74. The largest absolute Gasteiger partial charge is 0.462 e. The van der Waals surface area contributed by atoms with Crippen molar-refractivity contribution in [2.24, 2.45) is 5.10 Å². The molecular weight excluding hydrogens is 455 g/mol. The van der Waals surface area contributed by atoms with E-state index in [1.54, 1.807) is 12.1 Å². The predicted molar refractivity (Wildman–Crippen MR) is 116 cm³/mol. The van der Waals surface area contributed by atoms with Crippen molar-refractivity contribution < 1.29 is 9.13 Å². The molecule has 2 atom stereocenters. The maximum Gasteiger partial charge on any atom is 0.221 e. The van der Waals surface area contributed by atoms with E-state index in [1.165, 1.54) is 12.1 Å². The fraction of sp³-hybridized carbons (Fsp3) is 0.174. The Hall–Kier alpha value is -2.37. The summed E-state index contributed by atoms with van der Waals surface area (Å²) in [7, 11) is 0. The molecular formula is C23H17BrClFN2O. The van der Waals surface area contributed by atoms with Crippen LogP contribution >= 0.6 is 27.5 Å². The molecule has 0 radical (unpaired) electrons. The summed E-state index contributed by atoms with van der Waals surface area (Å²) in [4.78, 5) is 0. The van der Waals surface area contributed by atoms with Gasteiger partial charge in [0.1, 0.15) is 11.6 Å². The van der Waals surface area contributed by atoms with Crippen molar-refractivity contribution in [3.05, 3.63) is 98.7 Å². The molecule has 3 nitrogen and oxygen atoms in total. The summed E-state index contributed by atoms with van der Waals surface area (Å²) >= 11 is 9.78. The van der Waals surface area contributed by atoms with Crippen molar-refractivity contribution in [3.63, 3.8) is 0 Å². The van der Waals surface area contributed by atoms with Gasteiger partial charge in [0.05, 0.1) is 11.8 Å². The average Bonchev–Trinajstić information content (AvgIpc) is 3.16. The van der Waals surface area contributed by atoms with Gasteiger partial charge >= 0.3 is 0 Å². The van der Waals surface area contributed by atoms with Crippen molar-refractivity contribution in [2.45, 2.75) is 25.1 Å². The van der Waals surface area contributed by atoms with Gasteiger partial charge in [-0.2, -0.15) is 5.10 Å². The van der Waals surface area contributed by atoms with E-state index in [9.17, 15) is 4.39 Å². The lowest BCUT2D eigenvalue weighted by Crippen LogP contribution is -2.48. The third-order valence-electron chi connectivity index (χ3n) is 5.54. The van der Waals surface area contributed by atoms with Gasteiger partial charge in [-0.1, -0.05) is 51.8 Å². The maximum absolute atomic E-state index is 13.4. The molecule has 0 saturated heterocycles. The van der Waals surface area contributed by atoms with Crippen LogP contribution in [0.5, 0.6) is 5.75 Å². The van der Waals surface area contributed by atoms with Crippen LogP contribution < -0.4 is 4.74 Å². The number of halogens is 3. The molecule has 3 aromatic rings. The first-order valence-corrected chi connectivity index (χ1v) is 10.5. The van der Waals surface area contributed by atoms with Crippen molar-refractivity contribution in [3.8, 4) is 5.75 Å². The Morgan fingerprint density at radius 1 is 1.10 bits per heavy atom. The number of benzene rings is 3. The molecule has 0 bridgehead atoms. The fourth-order valence-corrected chi connectivity index (χ4v) is 4.49. The number of hydrazone groups is 1. The van der Waals surface area contributed by atoms with Gasteiger partial charge in [-0.3, -0.25) is 0 Å². The summed E-state index contributed by atoms with van der Waals surface area (Å²) in [5.41, 5.74) is 3.02. The highest BCUT2D eigenvalue weighted by Crippen LogP contribution is 2.50. The zero-order valence-electron chi connectivity index (χ0n) is 15.6. The number of ether oxygens (including phenoxy) is 1. The highest BCUT2D eigenvalue weighted by atomic mass is 79.9. The Labute approximate surface area is 181 Å². The summed E-state index contributed by atoms with van der Waals surface area (Å²) in [6.07, 6.45) is 0.689. The smallest absolute Gasteiger partial charge is 0.221 e. The minimum absolute atomic E-state index is 0.0221. The normalized spacial score (nSPS) is 22.6. The molecule has 2 aliphatic heterocycles. The van der Waals surface area contributed by atoms with Gasteiger partial charge in [0.2, 0.25) is 5.72 Å². The van der Waals surface area contributed by atoms with Crippen LogP contribution in [-0.4, -0.2) is 10.7 Å². The van der Waals surface area contributed by atoms with Crippen LogP contribution in [0.4, 0.5) is 4.39 Å². The zero-order valence-corrected chi connectivity index (χ0v) is 17.9. The van der Waals surface area contributed by atoms with Gasteiger partial charge in [0.15, 0.2) is 0 Å². The third-order valence-corrected chi connectivity index (χ3v) is 6.31. The monoisotopic (exact) mass is 470 g/mol. The van der Waals surface area contributed by atoms with E-state index in [-0.39, 0.29) is 11.9 Å².